The highest BCUT2D eigenvalue weighted by Crippen LogP contribution is 2.07. The van der Waals surface area contributed by atoms with Crippen molar-refractivity contribution in [3.8, 4) is 5.75 Å². The van der Waals surface area contributed by atoms with E-state index in [-0.39, 0.29) is 11.4 Å². The number of carboxylic acid groups (broad SMARTS) is 1. The van der Waals surface area contributed by atoms with Crippen molar-refractivity contribution in [1.29, 1.82) is 0 Å². The predicted octanol–water partition coefficient (Wildman–Crippen LogP) is 1.37. The molecule has 6 nitrogen and oxygen atoms in total. The molecule has 0 amide bonds. The molecule has 0 aliphatic carbocycles. The molecule has 19 heavy (non-hydrogen) atoms. The Morgan fingerprint density at radius 1 is 1.42 bits per heavy atom. The summed E-state index contributed by atoms with van der Waals surface area (Å²) in [5.41, 5.74) is -0.473. The van der Waals surface area contributed by atoms with Gasteiger partial charge in [0.05, 0.1) is 13.3 Å². The van der Waals surface area contributed by atoms with Crippen molar-refractivity contribution in [2.75, 3.05) is 20.3 Å². The zero-order valence-electron chi connectivity index (χ0n) is 11.2. The summed E-state index contributed by atoms with van der Waals surface area (Å²) >= 11 is 0. The van der Waals surface area contributed by atoms with Crippen LogP contribution in [0.3, 0.4) is 0 Å². The molecule has 6 heteroatoms. The van der Waals surface area contributed by atoms with Crippen LogP contribution >= 0.6 is 0 Å². The molecule has 0 unspecified atom stereocenters. The summed E-state index contributed by atoms with van der Waals surface area (Å²) in [6, 6.07) is 1.08. The molecule has 0 aromatic carbocycles. The SMILES string of the molecule is CCCOCCCn1cc(OC)c(=O)cc1C(=O)O. The third kappa shape index (κ3) is 4.40. The largest absolute Gasteiger partial charge is 0.491 e. The van der Waals surface area contributed by atoms with Gasteiger partial charge in [-0.1, -0.05) is 6.92 Å². The van der Waals surface area contributed by atoms with E-state index < -0.39 is 11.4 Å². The van der Waals surface area contributed by atoms with Gasteiger partial charge in [0.15, 0.2) is 5.75 Å². The van der Waals surface area contributed by atoms with Gasteiger partial charge in [-0.3, -0.25) is 4.79 Å². The quantitative estimate of drug-likeness (QED) is 0.721. The Bertz CT molecular complexity index is 480. The predicted molar refractivity (Wildman–Crippen MR) is 69.9 cm³/mol. The smallest absolute Gasteiger partial charge is 0.352 e. The maximum Gasteiger partial charge on any atom is 0.352 e. The number of methoxy groups -OCH3 is 1. The van der Waals surface area contributed by atoms with Gasteiger partial charge in [0.2, 0.25) is 5.43 Å². The van der Waals surface area contributed by atoms with Crippen molar-refractivity contribution in [1.82, 2.24) is 4.57 Å². The van der Waals surface area contributed by atoms with Gasteiger partial charge in [0.25, 0.3) is 0 Å². The van der Waals surface area contributed by atoms with Crippen LogP contribution in [0.5, 0.6) is 5.75 Å². The standard InChI is InChI=1S/C13H19NO5/c1-3-6-19-7-4-5-14-9-12(18-2)11(15)8-10(14)13(16)17/h8-9H,3-7H2,1-2H3,(H,16,17). The summed E-state index contributed by atoms with van der Waals surface area (Å²) in [7, 11) is 1.38. The number of aromatic nitrogens is 1. The van der Waals surface area contributed by atoms with Crippen LogP contribution in [0.4, 0.5) is 0 Å². The van der Waals surface area contributed by atoms with Crippen LogP contribution in [0.15, 0.2) is 17.1 Å². The first-order valence-corrected chi connectivity index (χ1v) is 6.19. The van der Waals surface area contributed by atoms with Crippen molar-refractivity contribution >= 4 is 5.97 Å². The molecule has 0 aliphatic rings. The molecule has 0 saturated heterocycles. The number of rotatable bonds is 8. The molecular weight excluding hydrogens is 250 g/mol. The van der Waals surface area contributed by atoms with E-state index in [1.807, 2.05) is 6.92 Å². The van der Waals surface area contributed by atoms with E-state index in [2.05, 4.69) is 0 Å². The van der Waals surface area contributed by atoms with Crippen LogP contribution in [0, 0.1) is 0 Å². The molecule has 0 spiro atoms. The normalized spacial score (nSPS) is 10.4. The van der Waals surface area contributed by atoms with Gasteiger partial charge < -0.3 is 19.1 Å². The first kappa shape index (κ1) is 15.2. The minimum atomic E-state index is -1.13. The number of ether oxygens (including phenoxy) is 2. The Kier molecular flexibility index (Phi) is 6.08. The minimum Gasteiger partial charge on any atom is -0.491 e. The van der Waals surface area contributed by atoms with Crippen LogP contribution in [0.25, 0.3) is 0 Å². The summed E-state index contributed by atoms with van der Waals surface area (Å²) in [6.07, 6.45) is 3.05. The Hall–Kier alpha value is -1.82. The summed E-state index contributed by atoms with van der Waals surface area (Å²) in [6.45, 7) is 3.73. The van der Waals surface area contributed by atoms with Crippen LogP contribution in [-0.4, -0.2) is 36.0 Å². The molecular formula is C13H19NO5. The lowest BCUT2D eigenvalue weighted by molar-refractivity contribution is 0.0681. The van der Waals surface area contributed by atoms with E-state index >= 15 is 0 Å². The summed E-state index contributed by atoms with van der Waals surface area (Å²) in [4.78, 5) is 22.6. The molecule has 0 saturated carbocycles. The van der Waals surface area contributed by atoms with Crippen LogP contribution in [0.2, 0.25) is 0 Å². The highest BCUT2D eigenvalue weighted by molar-refractivity contribution is 5.85. The molecule has 0 fully saturated rings. The van der Waals surface area contributed by atoms with E-state index in [4.69, 9.17) is 14.6 Å². The molecule has 0 radical (unpaired) electrons. The number of hydrogen-bond acceptors (Lipinski definition) is 4. The Balaban J connectivity index is 2.79. The molecule has 1 aromatic rings. The second-order valence-electron chi connectivity index (χ2n) is 4.06. The maximum absolute atomic E-state index is 11.5. The topological polar surface area (TPSA) is 77.8 Å². The van der Waals surface area contributed by atoms with Crippen LogP contribution in [0.1, 0.15) is 30.3 Å². The zero-order chi connectivity index (χ0) is 14.3. The highest BCUT2D eigenvalue weighted by atomic mass is 16.5. The van der Waals surface area contributed by atoms with Gasteiger partial charge in [-0.05, 0) is 12.8 Å². The second-order valence-corrected chi connectivity index (χ2v) is 4.06. The summed E-state index contributed by atoms with van der Waals surface area (Å²) in [5, 5.41) is 9.06. The fourth-order valence-electron chi connectivity index (χ4n) is 1.66. The average Bonchev–Trinajstić information content (AvgIpc) is 2.39. The van der Waals surface area contributed by atoms with Crippen molar-refractivity contribution in [2.24, 2.45) is 0 Å². The number of carboxylic acids is 1. The van der Waals surface area contributed by atoms with Gasteiger partial charge in [-0.15, -0.1) is 0 Å². The molecule has 1 N–H and O–H groups in total. The monoisotopic (exact) mass is 269 g/mol. The van der Waals surface area contributed by atoms with Crippen LogP contribution < -0.4 is 10.2 Å². The van der Waals surface area contributed by atoms with Crippen molar-refractivity contribution in [2.45, 2.75) is 26.3 Å². The van der Waals surface area contributed by atoms with E-state index in [1.165, 1.54) is 17.9 Å². The fraction of sp³-hybridized carbons (Fsp3) is 0.538. The second kappa shape index (κ2) is 7.58. The van der Waals surface area contributed by atoms with Crippen LogP contribution in [-0.2, 0) is 11.3 Å². The molecule has 1 aromatic heterocycles. The molecule has 0 bridgehead atoms. The summed E-state index contributed by atoms with van der Waals surface area (Å²) < 4.78 is 11.7. The Morgan fingerprint density at radius 2 is 2.16 bits per heavy atom. The van der Waals surface area contributed by atoms with Crippen molar-refractivity contribution < 1.29 is 19.4 Å². The lowest BCUT2D eigenvalue weighted by Crippen LogP contribution is -2.18. The lowest BCUT2D eigenvalue weighted by Gasteiger charge is -2.12. The third-order valence-corrected chi connectivity index (χ3v) is 2.57. The molecule has 1 heterocycles. The third-order valence-electron chi connectivity index (χ3n) is 2.57. The van der Waals surface area contributed by atoms with Crippen molar-refractivity contribution in [3.63, 3.8) is 0 Å². The molecule has 0 atom stereocenters. The molecule has 1 rings (SSSR count). The van der Waals surface area contributed by atoms with E-state index in [1.54, 1.807) is 0 Å². The fourth-order valence-corrected chi connectivity index (χ4v) is 1.66. The molecule has 106 valence electrons. The number of aromatic carboxylic acids is 1. The Morgan fingerprint density at radius 3 is 2.74 bits per heavy atom. The first-order valence-electron chi connectivity index (χ1n) is 6.19. The number of nitrogens with zero attached hydrogens (tertiary/aromatic N) is 1. The number of pyridine rings is 1. The number of carbonyl (C=O) groups is 1. The average molecular weight is 269 g/mol. The van der Waals surface area contributed by atoms with Gasteiger partial charge in [-0.2, -0.15) is 0 Å². The van der Waals surface area contributed by atoms with Crippen molar-refractivity contribution in [3.05, 3.63) is 28.2 Å². The Labute approximate surface area is 111 Å². The van der Waals surface area contributed by atoms with Gasteiger partial charge in [0, 0.05) is 25.8 Å². The van der Waals surface area contributed by atoms with Gasteiger partial charge >= 0.3 is 5.97 Å². The lowest BCUT2D eigenvalue weighted by atomic mass is 10.3. The first-order chi connectivity index (χ1) is 9.10. The number of hydrogen-bond donors (Lipinski definition) is 1. The van der Waals surface area contributed by atoms with Gasteiger partial charge in [-0.25, -0.2) is 4.79 Å². The maximum atomic E-state index is 11.5. The van der Waals surface area contributed by atoms with E-state index in [0.717, 1.165) is 12.5 Å². The van der Waals surface area contributed by atoms with Gasteiger partial charge in [0.1, 0.15) is 5.69 Å². The summed E-state index contributed by atoms with van der Waals surface area (Å²) in [5.74, 6) is -0.992. The van der Waals surface area contributed by atoms with E-state index in [0.29, 0.717) is 26.2 Å². The highest BCUT2D eigenvalue weighted by Gasteiger charge is 2.12. The molecule has 0 aliphatic heterocycles. The minimum absolute atomic E-state index is 0.0405. The number of aryl methyl sites for hydroxylation is 1. The zero-order valence-corrected chi connectivity index (χ0v) is 11.2. The van der Waals surface area contributed by atoms with E-state index in [9.17, 15) is 9.59 Å².